The number of aromatic nitrogens is 3. The number of nitrogens with one attached hydrogen (secondary N) is 2. The van der Waals surface area contributed by atoms with Gasteiger partial charge in [-0.15, -0.1) is 0 Å². The van der Waals surface area contributed by atoms with Gasteiger partial charge in [0.2, 0.25) is 11.9 Å². The fourth-order valence-corrected chi connectivity index (χ4v) is 3.52. The predicted molar refractivity (Wildman–Crippen MR) is 128 cm³/mol. The number of hydrogen-bond donors (Lipinski definition) is 2. The van der Waals surface area contributed by atoms with Crippen molar-refractivity contribution in [2.45, 2.75) is 33.1 Å². The van der Waals surface area contributed by atoms with Crippen molar-refractivity contribution < 1.29 is 13.9 Å². The number of aryl methyl sites for hydroxylation is 1. The number of pyridine rings is 1. The lowest BCUT2D eigenvalue weighted by Crippen LogP contribution is -2.14. The minimum atomic E-state index is -0.312. The molecule has 2 aromatic carbocycles. The zero-order valence-corrected chi connectivity index (χ0v) is 19.2. The van der Waals surface area contributed by atoms with Crippen LogP contribution in [0, 0.1) is 5.82 Å². The van der Waals surface area contributed by atoms with Crippen molar-refractivity contribution in [1.29, 1.82) is 0 Å². The summed E-state index contributed by atoms with van der Waals surface area (Å²) in [5.41, 5.74) is 2.74. The molecule has 0 saturated carbocycles. The topological polar surface area (TPSA) is 81.1 Å². The standard InChI is InChI=1S/C25H26FN5O2/c1-15(32)28-23-14-18(10-11-27-23)33-17-7-9-22-21(13-17)30-24(31(22)5)29-16-6-8-20(26)19(12-16)25(2,3)4/h6-14H,1-5H3,(H,29,30)(H,27,28,32). The van der Waals surface area contributed by atoms with Gasteiger partial charge in [0.25, 0.3) is 0 Å². The van der Waals surface area contributed by atoms with Gasteiger partial charge in [-0.3, -0.25) is 4.79 Å². The van der Waals surface area contributed by atoms with E-state index in [4.69, 9.17) is 4.74 Å². The first-order valence-electron chi connectivity index (χ1n) is 10.6. The van der Waals surface area contributed by atoms with Gasteiger partial charge in [0, 0.05) is 38.0 Å². The highest BCUT2D eigenvalue weighted by molar-refractivity contribution is 5.87. The summed E-state index contributed by atoms with van der Waals surface area (Å²) in [6.07, 6.45) is 1.57. The number of rotatable bonds is 5. The molecule has 4 aromatic rings. The predicted octanol–water partition coefficient (Wildman–Crippen LogP) is 5.90. The minimum absolute atomic E-state index is 0.203. The van der Waals surface area contributed by atoms with Crippen molar-refractivity contribution in [2.75, 3.05) is 10.6 Å². The minimum Gasteiger partial charge on any atom is -0.457 e. The van der Waals surface area contributed by atoms with Gasteiger partial charge in [-0.1, -0.05) is 20.8 Å². The molecule has 0 spiro atoms. The molecule has 0 aliphatic rings. The van der Waals surface area contributed by atoms with Crippen molar-refractivity contribution in [2.24, 2.45) is 7.05 Å². The summed E-state index contributed by atoms with van der Waals surface area (Å²) in [5.74, 6) is 1.76. The molecule has 0 aliphatic carbocycles. The highest BCUT2D eigenvalue weighted by Crippen LogP contribution is 2.31. The molecule has 8 heteroatoms. The van der Waals surface area contributed by atoms with E-state index < -0.39 is 0 Å². The van der Waals surface area contributed by atoms with E-state index in [0.29, 0.717) is 28.8 Å². The number of hydrogen-bond acceptors (Lipinski definition) is 5. The van der Waals surface area contributed by atoms with Crippen molar-refractivity contribution >= 4 is 34.4 Å². The first-order valence-corrected chi connectivity index (χ1v) is 10.6. The lowest BCUT2D eigenvalue weighted by Gasteiger charge is -2.21. The van der Waals surface area contributed by atoms with Crippen LogP contribution >= 0.6 is 0 Å². The third kappa shape index (κ3) is 4.95. The normalized spacial score (nSPS) is 11.5. The van der Waals surface area contributed by atoms with E-state index in [9.17, 15) is 9.18 Å². The zero-order valence-electron chi connectivity index (χ0n) is 19.2. The Bertz CT molecular complexity index is 1340. The van der Waals surface area contributed by atoms with Crippen LogP contribution in [0.4, 0.5) is 21.8 Å². The summed E-state index contributed by atoms with van der Waals surface area (Å²) >= 11 is 0. The number of imidazole rings is 1. The van der Waals surface area contributed by atoms with Crippen molar-refractivity contribution in [3.63, 3.8) is 0 Å². The van der Waals surface area contributed by atoms with Crippen LogP contribution in [0.15, 0.2) is 54.7 Å². The lowest BCUT2D eigenvalue weighted by atomic mass is 9.86. The molecular formula is C25H26FN5O2. The Hall–Kier alpha value is -3.94. The summed E-state index contributed by atoms with van der Waals surface area (Å²) in [5, 5.41) is 5.93. The van der Waals surface area contributed by atoms with Crippen molar-refractivity contribution in [3.8, 4) is 11.5 Å². The van der Waals surface area contributed by atoms with Gasteiger partial charge in [0.05, 0.1) is 11.0 Å². The van der Waals surface area contributed by atoms with Crippen LogP contribution in [-0.2, 0) is 17.3 Å². The molecule has 0 bridgehead atoms. The van der Waals surface area contributed by atoms with Crippen LogP contribution in [0.1, 0.15) is 33.3 Å². The summed E-state index contributed by atoms with van der Waals surface area (Å²) in [4.78, 5) is 20.0. The molecule has 0 fully saturated rings. The molecule has 2 heterocycles. The number of benzene rings is 2. The molecule has 2 aromatic heterocycles. The molecule has 2 N–H and O–H groups in total. The molecule has 0 atom stereocenters. The second-order valence-corrected chi connectivity index (χ2v) is 8.87. The van der Waals surface area contributed by atoms with E-state index >= 15 is 0 Å². The quantitative estimate of drug-likeness (QED) is 0.398. The van der Waals surface area contributed by atoms with Crippen LogP contribution < -0.4 is 15.4 Å². The van der Waals surface area contributed by atoms with Crippen molar-refractivity contribution in [1.82, 2.24) is 14.5 Å². The number of carbonyl (C=O) groups is 1. The van der Waals surface area contributed by atoms with E-state index in [1.165, 1.54) is 13.0 Å². The molecule has 0 saturated heterocycles. The van der Waals surface area contributed by atoms with E-state index in [1.54, 1.807) is 24.4 Å². The molecule has 1 amide bonds. The Morgan fingerprint density at radius 2 is 1.82 bits per heavy atom. The van der Waals surface area contributed by atoms with Gasteiger partial charge in [0.1, 0.15) is 23.1 Å². The first-order chi connectivity index (χ1) is 15.6. The fourth-order valence-electron chi connectivity index (χ4n) is 3.52. The SMILES string of the molecule is CC(=O)Nc1cc(Oc2ccc3c(c2)nc(Nc2ccc(F)c(C(C)(C)C)c2)n3C)ccn1. The number of fused-ring (bicyclic) bond motifs is 1. The third-order valence-corrected chi connectivity index (χ3v) is 5.15. The van der Waals surface area contributed by atoms with Gasteiger partial charge in [-0.2, -0.15) is 0 Å². The van der Waals surface area contributed by atoms with Gasteiger partial charge in [-0.25, -0.2) is 14.4 Å². The number of amides is 1. The lowest BCUT2D eigenvalue weighted by molar-refractivity contribution is -0.114. The molecule has 0 aliphatic heterocycles. The smallest absolute Gasteiger partial charge is 0.222 e. The molecule has 170 valence electrons. The van der Waals surface area contributed by atoms with Crippen LogP contribution in [0.3, 0.4) is 0 Å². The number of nitrogens with zero attached hydrogens (tertiary/aromatic N) is 3. The van der Waals surface area contributed by atoms with Crippen LogP contribution in [-0.4, -0.2) is 20.4 Å². The second kappa shape index (κ2) is 8.54. The monoisotopic (exact) mass is 447 g/mol. The van der Waals surface area contributed by atoms with Crippen molar-refractivity contribution in [3.05, 3.63) is 66.1 Å². The maximum absolute atomic E-state index is 14.3. The Morgan fingerprint density at radius 1 is 1.06 bits per heavy atom. The molecule has 33 heavy (non-hydrogen) atoms. The summed E-state index contributed by atoms with van der Waals surface area (Å²) < 4.78 is 22.1. The largest absolute Gasteiger partial charge is 0.457 e. The Balaban J connectivity index is 1.59. The molecule has 7 nitrogen and oxygen atoms in total. The van der Waals surface area contributed by atoms with Gasteiger partial charge < -0.3 is 19.9 Å². The van der Waals surface area contributed by atoms with E-state index in [-0.39, 0.29) is 17.1 Å². The number of ether oxygens (including phenoxy) is 1. The molecule has 4 rings (SSSR count). The average molecular weight is 448 g/mol. The Morgan fingerprint density at radius 3 is 2.55 bits per heavy atom. The van der Waals surface area contributed by atoms with Crippen LogP contribution in [0.5, 0.6) is 11.5 Å². The maximum Gasteiger partial charge on any atom is 0.222 e. The Kier molecular flexibility index (Phi) is 5.76. The maximum atomic E-state index is 14.3. The number of halogens is 1. The second-order valence-electron chi connectivity index (χ2n) is 8.87. The Labute approximate surface area is 191 Å². The van der Waals surface area contributed by atoms with Crippen LogP contribution in [0.2, 0.25) is 0 Å². The third-order valence-electron chi connectivity index (χ3n) is 5.15. The van der Waals surface area contributed by atoms with Gasteiger partial charge >= 0.3 is 0 Å². The van der Waals surface area contributed by atoms with E-state index in [0.717, 1.165) is 16.7 Å². The number of carbonyl (C=O) groups excluding carboxylic acids is 1. The highest BCUT2D eigenvalue weighted by atomic mass is 19.1. The molecule has 0 unspecified atom stereocenters. The zero-order chi connectivity index (χ0) is 23.8. The molecule has 0 radical (unpaired) electrons. The van der Waals surface area contributed by atoms with E-state index in [2.05, 4.69) is 20.6 Å². The molecular weight excluding hydrogens is 421 g/mol. The van der Waals surface area contributed by atoms with Gasteiger partial charge in [0.15, 0.2) is 0 Å². The first kappa shape index (κ1) is 22.3. The summed E-state index contributed by atoms with van der Waals surface area (Å²) in [7, 11) is 1.91. The summed E-state index contributed by atoms with van der Waals surface area (Å²) in [6, 6.07) is 14.0. The fraction of sp³-hybridized carbons (Fsp3) is 0.240. The van der Waals surface area contributed by atoms with Gasteiger partial charge in [-0.05, 0) is 47.4 Å². The summed E-state index contributed by atoms with van der Waals surface area (Å²) in [6.45, 7) is 7.36. The van der Waals surface area contributed by atoms with E-state index in [1.807, 2.05) is 56.7 Å². The average Bonchev–Trinajstić information content (AvgIpc) is 3.03. The number of anilines is 3. The highest BCUT2D eigenvalue weighted by Gasteiger charge is 2.19. The van der Waals surface area contributed by atoms with Crippen LogP contribution in [0.25, 0.3) is 11.0 Å².